The van der Waals surface area contributed by atoms with Crippen molar-refractivity contribution in [3.63, 3.8) is 0 Å². The Kier molecular flexibility index (Phi) is 5.98. The standard InChI is InChI=1S/C19H15BrN2O4S/c1-26-18(24)13-4-2-12(3-5-13)10-16-17(23)22(19(25)27-16)11-21-15-8-6-14(20)7-9-15/h2-10,21H,11H2,1H3/b16-10-. The van der Waals surface area contributed by atoms with Gasteiger partial charge in [0.25, 0.3) is 11.1 Å². The number of methoxy groups -OCH3 is 1. The van der Waals surface area contributed by atoms with Crippen LogP contribution in [0.5, 0.6) is 0 Å². The zero-order valence-corrected chi connectivity index (χ0v) is 16.7. The molecule has 0 aromatic heterocycles. The molecule has 2 aromatic carbocycles. The molecule has 0 bridgehead atoms. The molecule has 0 atom stereocenters. The lowest BCUT2D eigenvalue weighted by molar-refractivity contribution is -0.122. The van der Waals surface area contributed by atoms with E-state index in [0.717, 1.165) is 26.8 Å². The summed E-state index contributed by atoms with van der Waals surface area (Å²) in [5, 5.41) is 2.73. The summed E-state index contributed by atoms with van der Waals surface area (Å²) in [5.74, 6) is -0.785. The van der Waals surface area contributed by atoms with Crippen LogP contribution in [0.4, 0.5) is 10.5 Å². The van der Waals surface area contributed by atoms with Crippen molar-refractivity contribution in [2.75, 3.05) is 19.1 Å². The third kappa shape index (κ3) is 4.58. The van der Waals surface area contributed by atoms with E-state index in [1.165, 1.54) is 7.11 Å². The molecule has 8 heteroatoms. The van der Waals surface area contributed by atoms with Gasteiger partial charge >= 0.3 is 5.97 Å². The number of carbonyl (C=O) groups is 3. The molecule has 1 heterocycles. The number of esters is 1. The van der Waals surface area contributed by atoms with Gasteiger partial charge in [-0.2, -0.15) is 0 Å². The van der Waals surface area contributed by atoms with Crippen LogP contribution in [0.25, 0.3) is 6.08 Å². The summed E-state index contributed by atoms with van der Waals surface area (Å²) >= 11 is 4.24. The number of anilines is 1. The molecule has 3 rings (SSSR count). The quantitative estimate of drug-likeness (QED) is 0.543. The third-order valence-corrected chi connectivity index (χ3v) is 5.22. The zero-order valence-electron chi connectivity index (χ0n) is 14.3. The number of imide groups is 1. The first-order valence-electron chi connectivity index (χ1n) is 7.91. The largest absolute Gasteiger partial charge is 0.465 e. The number of carbonyl (C=O) groups excluding carboxylic acids is 3. The van der Waals surface area contributed by atoms with E-state index < -0.39 is 5.97 Å². The highest BCUT2D eigenvalue weighted by molar-refractivity contribution is 9.10. The number of thioether (sulfide) groups is 1. The molecule has 138 valence electrons. The maximum atomic E-state index is 12.5. The van der Waals surface area contributed by atoms with Gasteiger partial charge in [0, 0.05) is 10.2 Å². The van der Waals surface area contributed by atoms with Crippen LogP contribution in [0, 0.1) is 0 Å². The maximum Gasteiger partial charge on any atom is 0.337 e. The average molecular weight is 447 g/mol. The molecule has 0 saturated carbocycles. The molecule has 2 amide bonds. The lowest BCUT2D eigenvalue weighted by Gasteiger charge is -2.14. The minimum atomic E-state index is -0.430. The summed E-state index contributed by atoms with van der Waals surface area (Å²) in [6, 6.07) is 14.0. The minimum absolute atomic E-state index is 0.0882. The normalized spacial score (nSPS) is 15.3. The topological polar surface area (TPSA) is 75.7 Å². The molecular formula is C19H15BrN2O4S. The Morgan fingerprint density at radius 3 is 2.44 bits per heavy atom. The summed E-state index contributed by atoms with van der Waals surface area (Å²) in [6.07, 6.45) is 1.63. The van der Waals surface area contributed by atoms with Crippen molar-refractivity contribution in [1.29, 1.82) is 0 Å². The van der Waals surface area contributed by atoms with Crippen molar-refractivity contribution < 1.29 is 19.1 Å². The number of nitrogens with one attached hydrogen (secondary N) is 1. The fourth-order valence-electron chi connectivity index (χ4n) is 2.36. The van der Waals surface area contributed by atoms with E-state index in [9.17, 15) is 14.4 Å². The van der Waals surface area contributed by atoms with Crippen LogP contribution in [0.3, 0.4) is 0 Å². The lowest BCUT2D eigenvalue weighted by atomic mass is 10.1. The predicted molar refractivity (Wildman–Crippen MR) is 108 cm³/mol. The van der Waals surface area contributed by atoms with Gasteiger partial charge < -0.3 is 10.1 Å². The molecule has 1 aliphatic heterocycles. The smallest absolute Gasteiger partial charge is 0.337 e. The Hall–Kier alpha value is -2.58. The van der Waals surface area contributed by atoms with E-state index in [1.54, 1.807) is 30.3 Å². The van der Waals surface area contributed by atoms with Crippen LogP contribution >= 0.6 is 27.7 Å². The van der Waals surface area contributed by atoms with Crippen LogP contribution < -0.4 is 5.32 Å². The molecule has 1 saturated heterocycles. The Bertz CT molecular complexity index is 910. The number of ether oxygens (including phenoxy) is 1. The van der Waals surface area contributed by atoms with Crippen LogP contribution in [0.15, 0.2) is 57.9 Å². The minimum Gasteiger partial charge on any atom is -0.465 e. The molecule has 0 unspecified atom stereocenters. The molecule has 0 radical (unpaired) electrons. The third-order valence-electron chi connectivity index (χ3n) is 3.79. The molecule has 2 aromatic rings. The fraction of sp³-hybridized carbons (Fsp3) is 0.105. The highest BCUT2D eigenvalue weighted by Crippen LogP contribution is 2.32. The second-order valence-corrected chi connectivity index (χ2v) is 7.47. The Balaban J connectivity index is 1.68. The number of rotatable bonds is 5. The van der Waals surface area contributed by atoms with Gasteiger partial charge in [-0.15, -0.1) is 0 Å². The Morgan fingerprint density at radius 1 is 1.15 bits per heavy atom. The number of hydrogen-bond donors (Lipinski definition) is 1. The monoisotopic (exact) mass is 446 g/mol. The van der Waals surface area contributed by atoms with Crippen LogP contribution in [-0.4, -0.2) is 35.8 Å². The van der Waals surface area contributed by atoms with E-state index in [4.69, 9.17) is 0 Å². The molecule has 1 aliphatic rings. The van der Waals surface area contributed by atoms with Crippen molar-refractivity contribution in [1.82, 2.24) is 4.90 Å². The van der Waals surface area contributed by atoms with Crippen molar-refractivity contribution in [3.05, 3.63) is 69.0 Å². The molecular weight excluding hydrogens is 432 g/mol. The van der Waals surface area contributed by atoms with Gasteiger partial charge in [0.15, 0.2) is 0 Å². The number of hydrogen-bond acceptors (Lipinski definition) is 6. The SMILES string of the molecule is COC(=O)c1ccc(/C=C2\SC(=O)N(CNc3ccc(Br)cc3)C2=O)cc1. The van der Waals surface area contributed by atoms with E-state index in [0.29, 0.717) is 16.0 Å². The number of nitrogens with zero attached hydrogens (tertiary/aromatic N) is 1. The predicted octanol–water partition coefficient (Wildman–Crippen LogP) is 4.34. The van der Waals surface area contributed by atoms with Gasteiger partial charge in [0.1, 0.15) is 0 Å². The summed E-state index contributed by atoms with van der Waals surface area (Å²) in [5.41, 5.74) is 1.94. The number of amides is 2. The van der Waals surface area contributed by atoms with E-state index >= 15 is 0 Å². The van der Waals surface area contributed by atoms with Crippen LogP contribution in [-0.2, 0) is 9.53 Å². The van der Waals surface area contributed by atoms with Gasteiger partial charge in [0.2, 0.25) is 0 Å². The fourth-order valence-corrected chi connectivity index (χ4v) is 3.46. The van der Waals surface area contributed by atoms with Gasteiger partial charge in [-0.3, -0.25) is 14.5 Å². The summed E-state index contributed by atoms with van der Waals surface area (Å²) in [7, 11) is 1.31. The first-order valence-corrected chi connectivity index (χ1v) is 9.52. The molecule has 27 heavy (non-hydrogen) atoms. The van der Waals surface area contributed by atoms with Gasteiger partial charge in [0.05, 0.1) is 24.2 Å². The second-order valence-electron chi connectivity index (χ2n) is 5.57. The Morgan fingerprint density at radius 2 is 1.81 bits per heavy atom. The summed E-state index contributed by atoms with van der Waals surface area (Å²) in [6.45, 7) is 0.0882. The van der Waals surface area contributed by atoms with E-state index in [-0.39, 0.29) is 17.8 Å². The van der Waals surface area contributed by atoms with E-state index in [2.05, 4.69) is 26.0 Å². The molecule has 0 spiro atoms. The van der Waals surface area contributed by atoms with Gasteiger partial charge in [-0.05, 0) is 59.8 Å². The number of benzene rings is 2. The van der Waals surface area contributed by atoms with Crippen LogP contribution in [0.1, 0.15) is 15.9 Å². The van der Waals surface area contributed by atoms with Gasteiger partial charge in [-0.1, -0.05) is 28.1 Å². The van der Waals surface area contributed by atoms with Crippen molar-refractivity contribution in [2.45, 2.75) is 0 Å². The zero-order chi connectivity index (χ0) is 19.4. The van der Waals surface area contributed by atoms with E-state index in [1.807, 2.05) is 24.3 Å². The first kappa shape index (κ1) is 19.2. The van der Waals surface area contributed by atoms with Crippen molar-refractivity contribution >= 4 is 56.6 Å². The summed E-state index contributed by atoms with van der Waals surface area (Å²) < 4.78 is 5.60. The highest BCUT2D eigenvalue weighted by Gasteiger charge is 2.34. The molecule has 6 nitrogen and oxygen atoms in total. The molecule has 1 fully saturated rings. The van der Waals surface area contributed by atoms with Crippen LogP contribution in [0.2, 0.25) is 0 Å². The van der Waals surface area contributed by atoms with Crippen molar-refractivity contribution in [2.24, 2.45) is 0 Å². The summed E-state index contributed by atoms with van der Waals surface area (Å²) in [4.78, 5) is 37.6. The first-order chi connectivity index (χ1) is 13.0. The molecule has 1 N–H and O–H groups in total. The Labute approximate surface area is 168 Å². The number of halogens is 1. The highest BCUT2D eigenvalue weighted by atomic mass is 79.9. The average Bonchev–Trinajstić information content (AvgIpc) is 2.94. The molecule has 0 aliphatic carbocycles. The lowest BCUT2D eigenvalue weighted by Crippen LogP contribution is -2.33. The van der Waals surface area contributed by atoms with Gasteiger partial charge in [-0.25, -0.2) is 4.79 Å². The second kappa shape index (κ2) is 8.41. The van der Waals surface area contributed by atoms with Crippen molar-refractivity contribution in [3.8, 4) is 0 Å². The maximum absolute atomic E-state index is 12.5.